The number of hydrogen-bond donors (Lipinski definition) is 1. The van der Waals surface area contributed by atoms with E-state index < -0.39 is 6.09 Å². The summed E-state index contributed by atoms with van der Waals surface area (Å²) in [6, 6.07) is 5.97. The molecule has 0 radical (unpaired) electrons. The number of nitrogens with one attached hydrogen (secondary N) is 1. The Morgan fingerprint density at radius 1 is 1.48 bits per heavy atom. The average Bonchev–Trinajstić information content (AvgIpc) is 2.81. The van der Waals surface area contributed by atoms with E-state index in [2.05, 4.69) is 44.3 Å². The molecule has 1 aromatic rings. The zero-order chi connectivity index (χ0) is 15.4. The second-order valence-electron chi connectivity index (χ2n) is 6.97. The van der Waals surface area contributed by atoms with Crippen molar-refractivity contribution in [1.82, 2.24) is 5.32 Å². The number of amides is 1. The standard InChI is InChI=1S/C16H23N3O2/c1-16-8-9-19(4,5)14(16)18(3)13-7-6-11(10-12(13)16)21-15(20)17-2/h6-7,10,14H,8-9H2,1-5H3/p+1/t14-,16-/m0/s1. The molecule has 2 aliphatic heterocycles. The van der Waals surface area contributed by atoms with E-state index >= 15 is 0 Å². The van der Waals surface area contributed by atoms with Crippen LogP contribution < -0.4 is 15.0 Å². The lowest BCUT2D eigenvalue weighted by molar-refractivity contribution is -0.903. The summed E-state index contributed by atoms with van der Waals surface area (Å²) in [6.45, 7) is 3.49. The van der Waals surface area contributed by atoms with Gasteiger partial charge in [0.05, 0.1) is 26.1 Å². The number of nitrogens with zero attached hydrogens (tertiary/aromatic N) is 2. The zero-order valence-corrected chi connectivity index (χ0v) is 13.4. The van der Waals surface area contributed by atoms with Gasteiger partial charge in [-0.1, -0.05) is 0 Å². The van der Waals surface area contributed by atoms with Crippen molar-refractivity contribution in [2.75, 3.05) is 39.6 Å². The van der Waals surface area contributed by atoms with Gasteiger partial charge in [-0.05, 0) is 30.7 Å². The van der Waals surface area contributed by atoms with Crippen LogP contribution in [0.5, 0.6) is 5.75 Å². The molecule has 5 heteroatoms. The van der Waals surface area contributed by atoms with E-state index in [9.17, 15) is 4.79 Å². The zero-order valence-electron chi connectivity index (χ0n) is 13.4. The molecule has 1 saturated heterocycles. The molecule has 1 amide bonds. The van der Waals surface area contributed by atoms with E-state index in [0.717, 1.165) is 17.4 Å². The van der Waals surface area contributed by atoms with Gasteiger partial charge in [-0.25, -0.2) is 4.79 Å². The van der Waals surface area contributed by atoms with Crippen LogP contribution in [0.2, 0.25) is 0 Å². The van der Waals surface area contributed by atoms with Gasteiger partial charge < -0.3 is 19.4 Å². The van der Waals surface area contributed by atoms with Crippen molar-refractivity contribution < 1.29 is 14.0 Å². The van der Waals surface area contributed by atoms with Crippen molar-refractivity contribution in [3.8, 4) is 5.75 Å². The van der Waals surface area contributed by atoms with Gasteiger partial charge >= 0.3 is 6.09 Å². The van der Waals surface area contributed by atoms with Crippen LogP contribution >= 0.6 is 0 Å². The molecule has 0 aromatic heterocycles. The predicted molar refractivity (Wildman–Crippen MR) is 82.7 cm³/mol. The molecule has 2 heterocycles. The Kier molecular flexibility index (Phi) is 2.95. The van der Waals surface area contributed by atoms with Crippen molar-refractivity contribution in [1.29, 1.82) is 0 Å². The number of benzene rings is 1. The number of hydrogen-bond acceptors (Lipinski definition) is 3. The van der Waals surface area contributed by atoms with Crippen molar-refractivity contribution in [2.24, 2.45) is 0 Å². The minimum absolute atomic E-state index is 0.107. The van der Waals surface area contributed by atoms with Gasteiger partial charge in [-0.3, -0.25) is 0 Å². The van der Waals surface area contributed by atoms with E-state index in [1.54, 1.807) is 7.05 Å². The van der Waals surface area contributed by atoms with Gasteiger partial charge in [0, 0.05) is 26.2 Å². The monoisotopic (exact) mass is 290 g/mol. The van der Waals surface area contributed by atoms with Crippen molar-refractivity contribution >= 4 is 11.8 Å². The minimum Gasteiger partial charge on any atom is -0.410 e. The predicted octanol–water partition coefficient (Wildman–Crippen LogP) is 1.92. The highest BCUT2D eigenvalue weighted by Crippen LogP contribution is 2.53. The van der Waals surface area contributed by atoms with Gasteiger partial charge in [0.25, 0.3) is 0 Å². The highest BCUT2D eigenvalue weighted by atomic mass is 16.5. The average molecular weight is 290 g/mol. The molecule has 3 rings (SSSR count). The molecule has 0 spiro atoms. The SMILES string of the molecule is CNC(=O)Oc1ccc2c(c1)[C@]1(C)CC[N+](C)(C)[C@@H]1N2C. The van der Waals surface area contributed by atoms with Crippen LogP contribution in [0.3, 0.4) is 0 Å². The van der Waals surface area contributed by atoms with Gasteiger partial charge in [0.2, 0.25) is 0 Å². The van der Waals surface area contributed by atoms with E-state index in [1.807, 2.05) is 12.1 Å². The molecule has 2 aliphatic rings. The van der Waals surface area contributed by atoms with E-state index in [4.69, 9.17) is 4.74 Å². The Bertz CT molecular complexity index is 599. The van der Waals surface area contributed by atoms with E-state index in [0.29, 0.717) is 11.9 Å². The Balaban J connectivity index is 2.03. The third-order valence-corrected chi connectivity index (χ3v) is 5.18. The fourth-order valence-electron chi connectivity index (χ4n) is 4.35. The van der Waals surface area contributed by atoms with Crippen LogP contribution in [0.25, 0.3) is 0 Å². The highest BCUT2D eigenvalue weighted by molar-refractivity contribution is 5.72. The fraction of sp³-hybridized carbons (Fsp3) is 0.562. The first kappa shape index (κ1) is 14.2. The quantitative estimate of drug-likeness (QED) is 0.804. The van der Waals surface area contributed by atoms with E-state index in [1.165, 1.54) is 11.3 Å². The van der Waals surface area contributed by atoms with Crippen LogP contribution in [-0.4, -0.2) is 51.5 Å². The first-order chi connectivity index (χ1) is 9.79. The minimum atomic E-state index is -0.425. The summed E-state index contributed by atoms with van der Waals surface area (Å²) < 4.78 is 6.29. The van der Waals surface area contributed by atoms with E-state index in [-0.39, 0.29) is 5.41 Å². The molecule has 0 saturated carbocycles. The third kappa shape index (κ3) is 1.91. The number of anilines is 1. The molecule has 1 aromatic carbocycles. The summed E-state index contributed by atoms with van der Waals surface area (Å²) in [4.78, 5) is 13.8. The second-order valence-corrected chi connectivity index (χ2v) is 6.97. The first-order valence-corrected chi connectivity index (χ1v) is 7.39. The maximum absolute atomic E-state index is 11.4. The summed E-state index contributed by atoms with van der Waals surface area (Å²) in [5.74, 6) is 0.612. The third-order valence-electron chi connectivity index (χ3n) is 5.18. The Hall–Kier alpha value is -1.75. The fourth-order valence-corrected chi connectivity index (χ4v) is 4.35. The summed E-state index contributed by atoms with van der Waals surface area (Å²) >= 11 is 0. The van der Waals surface area contributed by atoms with Crippen molar-refractivity contribution in [3.63, 3.8) is 0 Å². The smallest absolute Gasteiger partial charge is 0.410 e. The number of carbonyl (C=O) groups is 1. The molecule has 21 heavy (non-hydrogen) atoms. The van der Waals surface area contributed by atoms with Gasteiger partial charge in [-0.15, -0.1) is 0 Å². The van der Waals surface area contributed by atoms with Crippen molar-refractivity contribution in [3.05, 3.63) is 23.8 Å². The summed E-state index contributed by atoms with van der Waals surface area (Å²) in [5, 5.41) is 2.48. The van der Waals surface area contributed by atoms with Crippen LogP contribution in [0, 0.1) is 0 Å². The summed E-state index contributed by atoms with van der Waals surface area (Å²) in [6.07, 6.45) is 1.15. The molecule has 114 valence electrons. The largest absolute Gasteiger partial charge is 0.412 e. The number of ether oxygens (including phenoxy) is 1. The van der Waals surface area contributed by atoms with Gasteiger partial charge in [-0.2, -0.15) is 0 Å². The first-order valence-electron chi connectivity index (χ1n) is 7.39. The number of rotatable bonds is 1. The lowest BCUT2D eigenvalue weighted by atomic mass is 9.81. The van der Waals surface area contributed by atoms with Crippen LogP contribution in [0.4, 0.5) is 10.5 Å². The number of likely N-dealkylation sites (N-methyl/N-ethyl adjacent to an activating group) is 2. The molecular formula is C16H24N3O2+. The maximum atomic E-state index is 11.4. The Morgan fingerprint density at radius 2 is 2.19 bits per heavy atom. The number of fused-ring (bicyclic) bond motifs is 3. The van der Waals surface area contributed by atoms with Crippen LogP contribution in [0.15, 0.2) is 18.2 Å². The lowest BCUT2D eigenvalue weighted by Gasteiger charge is -2.38. The van der Waals surface area contributed by atoms with Gasteiger partial charge in [0.15, 0.2) is 6.17 Å². The second kappa shape index (κ2) is 4.37. The molecule has 0 unspecified atom stereocenters. The van der Waals surface area contributed by atoms with Crippen molar-refractivity contribution in [2.45, 2.75) is 24.9 Å². The summed E-state index contributed by atoms with van der Waals surface area (Å²) in [5.41, 5.74) is 2.65. The number of carbonyl (C=O) groups excluding carboxylic acids is 1. The normalized spacial score (nSPS) is 29.0. The number of quaternary nitrogens is 1. The molecule has 1 N–H and O–H groups in total. The summed E-state index contributed by atoms with van der Waals surface area (Å²) in [7, 11) is 8.32. The Morgan fingerprint density at radius 3 is 2.86 bits per heavy atom. The maximum Gasteiger partial charge on any atom is 0.412 e. The topological polar surface area (TPSA) is 41.6 Å². The van der Waals surface area contributed by atoms with Gasteiger partial charge in [0.1, 0.15) is 5.75 Å². The van der Waals surface area contributed by atoms with Crippen LogP contribution in [-0.2, 0) is 5.41 Å². The molecule has 1 fully saturated rings. The molecular weight excluding hydrogens is 266 g/mol. The molecule has 2 atom stereocenters. The van der Waals surface area contributed by atoms with Crippen LogP contribution in [0.1, 0.15) is 18.9 Å². The lowest BCUT2D eigenvalue weighted by Crippen LogP contribution is -2.55. The Labute approximate surface area is 126 Å². The highest BCUT2D eigenvalue weighted by Gasteiger charge is 2.59. The number of likely N-dealkylation sites (tertiary alicyclic amines) is 1. The molecule has 0 bridgehead atoms. The molecule has 0 aliphatic carbocycles. The molecule has 5 nitrogen and oxygen atoms in total.